The van der Waals surface area contributed by atoms with Crippen LogP contribution < -0.4 is 5.73 Å². The van der Waals surface area contributed by atoms with E-state index in [-0.39, 0.29) is 18.5 Å². The van der Waals surface area contributed by atoms with Crippen LogP contribution in [0.2, 0.25) is 0 Å². The Balaban J connectivity index is 2.90. The molecule has 72 valence electrons. The maximum Gasteiger partial charge on any atom is 0.126 e. The summed E-state index contributed by atoms with van der Waals surface area (Å²) in [5.41, 5.74) is 6.85. The number of halogens is 1. The fourth-order valence-electron chi connectivity index (χ4n) is 1.23. The van der Waals surface area contributed by atoms with Crippen molar-refractivity contribution in [2.45, 2.75) is 26.0 Å². The van der Waals surface area contributed by atoms with Gasteiger partial charge in [0, 0.05) is 6.04 Å². The van der Waals surface area contributed by atoms with Gasteiger partial charge in [-0.2, -0.15) is 0 Å². The number of benzene rings is 1. The van der Waals surface area contributed by atoms with E-state index < -0.39 is 0 Å². The van der Waals surface area contributed by atoms with Gasteiger partial charge in [-0.1, -0.05) is 12.1 Å². The zero-order valence-electron chi connectivity index (χ0n) is 7.63. The minimum absolute atomic E-state index is 0.0633. The summed E-state index contributed by atoms with van der Waals surface area (Å²) in [5.74, 6) is -0.255. The molecule has 3 N–H and O–H groups in total. The zero-order valence-corrected chi connectivity index (χ0v) is 7.63. The maximum atomic E-state index is 13.1. The van der Waals surface area contributed by atoms with Gasteiger partial charge in [-0.05, 0) is 30.5 Å². The third-order valence-corrected chi connectivity index (χ3v) is 1.83. The van der Waals surface area contributed by atoms with Crippen LogP contribution in [0.25, 0.3) is 0 Å². The topological polar surface area (TPSA) is 46.2 Å². The lowest BCUT2D eigenvalue weighted by Gasteiger charge is -2.07. The second-order valence-corrected chi connectivity index (χ2v) is 3.27. The molecular weight excluding hydrogens is 169 g/mol. The summed E-state index contributed by atoms with van der Waals surface area (Å²) < 4.78 is 13.1. The second-order valence-electron chi connectivity index (χ2n) is 3.27. The fourth-order valence-corrected chi connectivity index (χ4v) is 1.23. The summed E-state index contributed by atoms with van der Waals surface area (Å²) in [6.07, 6.45) is 0.500. The second kappa shape index (κ2) is 4.35. The molecule has 1 aromatic rings. The first kappa shape index (κ1) is 10.2. The first-order valence-corrected chi connectivity index (χ1v) is 4.27. The highest BCUT2D eigenvalue weighted by Gasteiger charge is 2.05. The van der Waals surface area contributed by atoms with E-state index in [0.717, 1.165) is 5.56 Å². The van der Waals surface area contributed by atoms with Gasteiger partial charge in [0.15, 0.2) is 0 Å². The molecular formula is C10H14FNO. The van der Waals surface area contributed by atoms with E-state index in [1.54, 1.807) is 12.1 Å². The maximum absolute atomic E-state index is 13.1. The van der Waals surface area contributed by atoms with Crippen LogP contribution in [0.1, 0.15) is 18.1 Å². The van der Waals surface area contributed by atoms with E-state index >= 15 is 0 Å². The Hall–Kier alpha value is -0.930. The molecule has 0 radical (unpaired) electrons. The van der Waals surface area contributed by atoms with Crippen LogP contribution in [0.15, 0.2) is 18.2 Å². The lowest BCUT2D eigenvalue weighted by atomic mass is 10.0. The minimum Gasteiger partial charge on any atom is -0.392 e. The number of hydrogen-bond acceptors (Lipinski definition) is 2. The highest BCUT2D eigenvalue weighted by molar-refractivity contribution is 5.25. The van der Waals surface area contributed by atoms with Crippen molar-refractivity contribution >= 4 is 0 Å². The average molecular weight is 183 g/mol. The molecule has 2 nitrogen and oxygen atoms in total. The van der Waals surface area contributed by atoms with Crippen LogP contribution >= 0.6 is 0 Å². The highest BCUT2D eigenvalue weighted by atomic mass is 19.1. The highest BCUT2D eigenvalue weighted by Crippen LogP contribution is 2.12. The van der Waals surface area contributed by atoms with E-state index in [2.05, 4.69) is 0 Å². The molecule has 3 heteroatoms. The van der Waals surface area contributed by atoms with Crippen molar-refractivity contribution in [3.63, 3.8) is 0 Å². The van der Waals surface area contributed by atoms with Crippen LogP contribution in [-0.2, 0) is 13.0 Å². The van der Waals surface area contributed by atoms with Gasteiger partial charge in [-0.3, -0.25) is 0 Å². The van der Waals surface area contributed by atoms with Gasteiger partial charge in [0.2, 0.25) is 0 Å². The minimum atomic E-state index is -0.255. The van der Waals surface area contributed by atoms with E-state index in [1.807, 2.05) is 6.92 Å². The first-order valence-electron chi connectivity index (χ1n) is 4.27. The molecule has 0 spiro atoms. The molecule has 1 atom stereocenters. The Kier molecular flexibility index (Phi) is 3.39. The summed E-state index contributed by atoms with van der Waals surface area (Å²) in [6.45, 7) is 1.76. The number of rotatable bonds is 3. The molecule has 13 heavy (non-hydrogen) atoms. The molecule has 0 aromatic heterocycles. The quantitative estimate of drug-likeness (QED) is 0.739. The lowest BCUT2D eigenvalue weighted by molar-refractivity contribution is 0.281. The summed E-state index contributed by atoms with van der Waals surface area (Å²) in [6, 6.07) is 4.52. The van der Waals surface area contributed by atoms with Crippen LogP contribution in [0.3, 0.4) is 0 Å². The van der Waals surface area contributed by atoms with Gasteiger partial charge in [-0.15, -0.1) is 0 Å². The first-order chi connectivity index (χ1) is 6.13. The van der Waals surface area contributed by atoms with E-state index in [9.17, 15) is 4.39 Å². The summed E-state index contributed by atoms with van der Waals surface area (Å²) in [7, 11) is 0. The molecule has 0 saturated heterocycles. The Labute approximate surface area is 77.2 Å². The fraction of sp³-hybridized carbons (Fsp3) is 0.400. The van der Waals surface area contributed by atoms with Gasteiger partial charge < -0.3 is 10.8 Å². The van der Waals surface area contributed by atoms with Gasteiger partial charge in [0.1, 0.15) is 5.82 Å². The van der Waals surface area contributed by atoms with Crippen molar-refractivity contribution in [1.29, 1.82) is 0 Å². The number of hydrogen-bond donors (Lipinski definition) is 2. The molecule has 0 fully saturated rings. The van der Waals surface area contributed by atoms with Crippen molar-refractivity contribution in [3.8, 4) is 0 Å². The smallest absolute Gasteiger partial charge is 0.126 e. The van der Waals surface area contributed by atoms with Crippen molar-refractivity contribution in [1.82, 2.24) is 0 Å². The van der Waals surface area contributed by atoms with Gasteiger partial charge >= 0.3 is 0 Å². The van der Waals surface area contributed by atoms with E-state index in [0.29, 0.717) is 12.0 Å². The zero-order chi connectivity index (χ0) is 9.84. The van der Waals surface area contributed by atoms with Crippen molar-refractivity contribution in [2.75, 3.05) is 0 Å². The van der Waals surface area contributed by atoms with Crippen LogP contribution in [0.5, 0.6) is 0 Å². The summed E-state index contributed by atoms with van der Waals surface area (Å²) >= 11 is 0. The van der Waals surface area contributed by atoms with Crippen LogP contribution in [0.4, 0.5) is 4.39 Å². The molecule has 0 amide bonds. The number of nitrogens with two attached hydrogens (primary N) is 1. The summed E-state index contributed by atoms with van der Waals surface area (Å²) in [5, 5.41) is 8.83. The molecule has 1 unspecified atom stereocenters. The molecule has 0 saturated carbocycles. The Morgan fingerprint density at radius 1 is 1.54 bits per heavy atom. The third kappa shape index (κ3) is 2.79. The molecule has 0 bridgehead atoms. The molecule has 0 aliphatic rings. The average Bonchev–Trinajstić information content (AvgIpc) is 2.08. The number of aliphatic hydroxyl groups excluding tert-OH is 1. The van der Waals surface area contributed by atoms with Crippen molar-refractivity contribution < 1.29 is 9.50 Å². The Bertz CT molecular complexity index is 286. The van der Waals surface area contributed by atoms with Gasteiger partial charge in [0.25, 0.3) is 0 Å². The predicted octanol–water partition coefficient (Wildman–Crippen LogP) is 1.21. The monoisotopic (exact) mass is 183 g/mol. The summed E-state index contributed by atoms with van der Waals surface area (Å²) in [4.78, 5) is 0. The van der Waals surface area contributed by atoms with Crippen LogP contribution in [-0.4, -0.2) is 11.1 Å². The SMILES string of the molecule is CC(N)Cc1cc(CO)ccc1F. The molecule has 0 heterocycles. The molecule has 0 aliphatic heterocycles. The Morgan fingerprint density at radius 2 is 2.23 bits per heavy atom. The standard InChI is InChI=1S/C10H14FNO/c1-7(12)4-9-5-8(6-13)2-3-10(9)11/h2-3,5,7,13H,4,6,12H2,1H3. The Morgan fingerprint density at radius 3 is 2.77 bits per heavy atom. The van der Waals surface area contributed by atoms with E-state index in [4.69, 9.17) is 10.8 Å². The van der Waals surface area contributed by atoms with Crippen molar-refractivity contribution in [2.24, 2.45) is 5.73 Å². The van der Waals surface area contributed by atoms with Gasteiger partial charge in [0.05, 0.1) is 6.61 Å². The lowest BCUT2D eigenvalue weighted by Crippen LogP contribution is -2.18. The molecule has 1 rings (SSSR count). The largest absolute Gasteiger partial charge is 0.392 e. The number of aliphatic hydroxyl groups is 1. The molecule has 0 aliphatic carbocycles. The van der Waals surface area contributed by atoms with E-state index in [1.165, 1.54) is 6.07 Å². The third-order valence-electron chi connectivity index (χ3n) is 1.83. The normalized spacial score (nSPS) is 12.9. The van der Waals surface area contributed by atoms with Crippen molar-refractivity contribution in [3.05, 3.63) is 35.1 Å². The predicted molar refractivity (Wildman–Crippen MR) is 49.7 cm³/mol. The molecule has 1 aromatic carbocycles. The van der Waals surface area contributed by atoms with Gasteiger partial charge in [-0.25, -0.2) is 4.39 Å². The van der Waals surface area contributed by atoms with Crippen LogP contribution in [0, 0.1) is 5.82 Å².